The Hall–Kier alpha value is -3.28. The van der Waals surface area contributed by atoms with Crippen LogP contribution in [0.5, 0.6) is 0 Å². The van der Waals surface area contributed by atoms with E-state index in [0.29, 0.717) is 50.9 Å². The van der Waals surface area contributed by atoms with Crippen LogP contribution in [0.4, 0.5) is 22.5 Å². The average Bonchev–Trinajstić information content (AvgIpc) is 3.57. The molecule has 2 aliphatic heterocycles. The van der Waals surface area contributed by atoms with Crippen LogP contribution >= 0.6 is 22.9 Å². The summed E-state index contributed by atoms with van der Waals surface area (Å²) in [6.45, 7) is 6.32. The Morgan fingerprint density at radius 3 is 2.78 bits per heavy atom. The van der Waals surface area contributed by atoms with E-state index in [2.05, 4.69) is 35.4 Å². The van der Waals surface area contributed by atoms with Gasteiger partial charge >= 0.3 is 5.97 Å². The maximum Gasteiger partial charge on any atom is 0.303 e. The number of carboxylic acid groups (broad SMARTS) is 1. The molecule has 2 aliphatic rings. The second-order valence-corrected chi connectivity index (χ2v) is 10.8. The Kier molecular flexibility index (Phi) is 7.27. The molecule has 2 atom stereocenters. The van der Waals surface area contributed by atoms with Crippen molar-refractivity contribution in [3.63, 3.8) is 0 Å². The molecule has 3 aromatic rings. The molecule has 0 unspecified atom stereocenters. The largest absolute Gasteiger partial charge is 0.481 e. The molecular weight excluding hydrogens is 514 g/mol. The van der Waals surface area contributed by atoms with Gasteiger partial charge in [0.2, 0.25) is 0 Å². The summed E-state index contributed by atoms with van der Waals surface area (Å²) in [6, 6.07) is 8.14. The Labute approximate surface area is 223 Å². The van der Waals surface area contributed by atoms with Gasteiger partial charge in [0.1, 0.15) is 22.3 Å². The molecule has 2 aromatic heterocycles. The van der Waals surface area contributed by atoms with Crippen LogP contribution in [0.3, 0.4) is 0 Å². The molecule has 2 saturated heterocycles. The molecule has 10 nitrogen and oxygen atoms in total. The van der Waals surface area contributed by atoms with Crippen LogP contribution in [0.15, 0.2) is 30.5 Å². The van der Waals surface area contributed by atoms with Crippen molar-refractivity contribution >= 4 is 57.3 Å². The Balaban J connectivity index is 1.23. The van der Waals surface area contributed by atoms with Crippen molar-refractivity contribution in [2.75, 3.05) is 35.2 Å². The summed E-state index contributed by atoms with van der Waals surface area (Å²) in [4.78, 5) is 42.3. The lowest BCUT2D eigenvalue weighted by Crippen LogP contribution is -2.47. The van der Waals surface area contributed by atoms with Gasteiger partial charge in [-0.25, -0.2) is 15.0 Å². The second-order valence-electron chi connectivity index (χ2n) is 9.39. The maximum absolute atomic E-state index is 12.8. The minimum absolute atomic E-state index is 0.206. The number of aryl methyl sites for hydroxylation is 2. The normalized spacial score (nSPS) is 18.8. The molecule has 1 aromatic carbocycles. The van der Waals surface area contributed by atoms with Crippen LogP contribution in [-0.4, -0.2) is 68.6 Å². The number of nitrogens with zero attached hydrogens (tertiary/aromatic N) is 5. The smallest absolute Gasteiger partial charge is 0.303 e. The molecule has 37 heavy (non-hydrogen) atoms. The Bertz CT molecular complexity index is 1310. The summed E-state index contributed by atoms with van der Waals surface area (Å²) < 4.78 is 0. The van der Waals surface area contributed by atoms with Crippen LogP contribution in [0.25, 0.3) is 0 Å². The highest BCUT2D eigenvalue weighted by atomic mass is 35.5. The number of fused-ring (bicyclic) bond motifs is 2. The molecule has 0 radical (unpaired) electrons. The van der Waals surface area contributed by atoms with E-state index in [1.54, 1.807) is 6.07 Å². The number of amides is 1. The number of carboxylic acids is 1. The van der Waals surface area contributed by atoms with Crippen LogP contribution in [0.1, 0.15) is 40.3 Å². The van der Waals surface area contributed by atoms with Crippen molar-refractivity contribution in [3.8, 4) is 0 Å². The number of rotatable bonds is 9. The van der Waals surface area contributed by atoms with Crippen LogP contribution in [0, 0.1) is 13.8 Å². The molecule has 0 saturated carbocycles. The molecule has 5 rings (SSSR count). The third kappa shape index (κ3) is 5.68. The number of carbonyl (C=O) groups is 2. The minimum atomic E-state index is -0.744. The number of benzene rings is 1. The fraction of sp³-hybridized carbons (Fsp3) is 0.400. The van der Waals surface area contributed by atoms with Gasteiger partial charge in [-0.05, 0) is 44.9 Å². The van der Waals surface area contributed by atoms with Crippen molar-refractivity contribution in [1.82, 2.24) is 19.9 Å². The van der Waals surface area contributed by atoms with E-state index in [9.17, 15) is 9.59 Å². The zero-order valence-electron chi connectivity index (χ0n) is 20.6. The maximum atomic E-state index is 12.8. The lowest BCUT2D eigenvalue weighted by Gasteiger charge is -2.35. The van der Waals surface area contributed by atoms with Crippen molar-refractivity contribution in [2.24, 2.45) is 0 Å². The quantitative estimate of drug-likeness (QED) is 0.363. The molecular formula is C25H28ClN7O3S. The van der Waals surface area contributed by atoms with E-state index in [4.69, 9.17) is 16.7 Å². The average molecular weight is 542 g/mol. The molecule has 2 bridgehead atoms. The van der Waals surface area contributed by atoms with Gasteiger partial charge in [-0.1, -0.05) is 35.1 Å². The SMILES string of the molecule is Cc1nc(Nc2ncc(C(=O)Nc3c(C)cccc3Cl)s2)cc(N2C[C@H]3C[C@@H]2CN3CCCC(=O)O)n1. The first kappa shape index (κ1) is 25.4. The molecule has 1 amide bonds. The van der Waals surface area contributed by atoms with Gasteiger partial charge in [-0.15, -0.1) is 0 Å². The number of halogens is 1. The first-order valence-electron chi connectivity index (χ1n) is 12.1. The summed E-state index contributed by atoms with van der Waals surface area (Å²) >= 11 is 7.47. The number of hydrogen-bond acceptors (Lipinski definition) is 9. The highest BCUT2D eigenvalue weighted by Gasteiger charge is 2.43. The number of likely N-dealkylation sites (tertiary alicyclic amines) is 1. The molecule has 4 heterocycles. The lowest BCUT2D eigenvalue weighted by molar-refractivity contribution is -0.137. The molecule has 0 spiro atoms. The summed E-state index contributed by atoms with van der Waals surface area (Å²) in [5.74, 6) is 1.10. The third-order valence-corrected chi connectivity index (χ3v) is 7.96. The first-order chi connectivity index (χ1) is 17.8. The van der Waals surface area contributed by atoms with Crippen molar-refractivity contribution in [1.29, 1.82) is 0 Å². The minimum Gasteiger partial charge on any atom is -0.481 e. The van der Waals surface area contributed by atoms with Gasteiger partial charge < -0.3 is 20.6 Å². The number of anilines is 4. The number of piperazine rings is 1. The Morgan fingerprint density at radius 1 is 1.22 bits per heavy atom. The molecule has 0 aliphatic carbocycles. The van der Waals surface area contributed by atoms with Gasteiger partial charge in [0, 0.05) is 37.7 Å². The number of aliphatic carboxylic acids is 1. The predicted molar refractivity (Wildman–Crippen MR) is 144 cm³/mol. The highest BCUT2D eigenvalue weighted by molar-refractivity contribution is 7.17. The lowest BCUT2D eigenvalue weighted by atomic mass is 10.2. The summed E-state index contributed by atoms with van der Waals surface area (Å²) in [7, 11) is 0. The van der Waals surface area contributed by atoms with Crippen LogP contribution in [-0.2, 0) is 4.79 Å². The van der Waals surface area contributed by atoms with Gasteiger partial charge in [-0.3, -0.25) is 14.5 Å². The first-order valence-corrected chi connectivity index (χ1v) is 13.3. The van der Waals surface area contributed by atoms with Gasteiger partial charge in [-0.2, -0.15) is 0 Å². The van der Waals surface area contributed by atoms with E-state index in [-0.39, 0.29) is 12.3 Å². The van der Waals surface area contributed by atoms with Crippen LogP contribution in [0.2, 0.25) is 5.02 Å². The molecule has 194 valence electrons. The van der Waals surface area contributed by atoms with Gasteiger partial charge in [0.05, 0.1) is 16.9 Å². The number of nitrogens with one attached hydrogen (secondary N) is 2. The van der Waals surface area contributed by atoms with Gasteiger partial charge in [0.25, 0.3) is 5.91 Å². The van der Waals surface area contributed by atoms with E-state index in [0.717, 1.165) is 37.4 Å². The third-order valence-electron chi connectivity index (χ3n) is 6.73. The predicted octanol–water partition coefficient (Wildman–Crippen LogP) is 4.33. The second kappa shape index (κ2) is 10.6. The van der Waals surface area contributed by atoms with E-state index < -0.39 is 5.97 Å². The van der Waals surface area contributed by atoms with E-state index in [1.165, 1.54) is 17.5 Å². The zero-order chi connectivity index (χ0) is 26.1. The van der Waals surface area contributed by atoms with Crippen LogP contribution < -0.4 is 15.5 Å². The fourth-order valence-corrected chi connectivity index (χ4v) is 6.00. The highest BCUT2D eigenvalue weighted by Crippen LogP contribution is 2.35. The number of aromatic nitrogens is 3. The molecule has 2 fully saturated rings. The van der Waals surface area contributed by atoms with Crippen molar-refractivity contribution in [3.05, 3.63) is 51.7 Å². The molecule has 12 heteroatoms. The monoisotopic (exact) mass is 541 g/mol. The number of thiazole rings is 1. The van der Waals surface area contributed by atoms with Crippen molar-refractivity contribution in [2.45, 2.75) is 45.2 Å². The number of hydrogen-bond donors (Lipinski definition) is 3. The zero-order valence-corrected chi connectivity index (χ0v) is 22.1. The molecule has 3 N–H and O–H groups in total. The summed E-state index contributed by atoms with van der Waals surface area (Å²) in [5, 5.41) is 16.0. The van der Waals surface area contributed by atoms with Gasteiger partial charge in [0.15, 0.2) is 5.13 Å². The number of para-hydroxylation sites is 1. The Morgan fingerprint density at radius 2 is 2.05 bits per heavy atom. The fourth-order valence-electron chi connectivity index (χ4n) is 5.01. The van der Waals surface area contributed by atoms with E-state index in [1.807, 2.05) is 32.0 Å². The van der Waals surface area contributed by atoms with E-state index >= 15 is 0 Å². The standard InChI is InChI=1S/C25H28ClN7O3S/c1-14-5-3-6-18(26)23(14)31-24(36)19-11-27-25(37-19)30-20-10-21(29-15(2)28-20)33-13-16-9-17(33)12-32(16)8-4-7-22(34)35/h3,5-6,10-11,16-17H,4,7-9,12-13H2,1-2H3,(H,31,36)(H,34,35)(H,27,28,29,30)/t16-,17-/m1/s1. The topological polar surface area (TPSA) is 124 Å². The summed E-state index contributed by atoms with van der Waals surface area (Å²) in [6.07, 6.45) is 3.46. The number of carbonyl (C=O) groups excluding carboxylic acids is 1. The van der Waals surface area contributed by atoms with Crippen molar-refractivity contribution < 1.29 is 14.7 Å². The summed E-state index contributed by atoms with van der Waals surface area (Å²) in [5.41, 5.74) is 1.47.